The van der Waals surface area contributed by atoms with Gasteiger partial charge in [0.2, 0.25) is 0 Å². The maximum atomic E-state index is 12.2. The third kappa shape index (κ3) is 5.37. The van der Waals surface area contributed by atoms with Gasteiger partial charge in [-0.3, -0.25) is 0 Å². The molecule has 0 aliphatic carbocycles. The first kappa shape index (κ1) is 18.0. The average Bonchev–Trinajstić information content (AvgIpc) is 2.88. The molecule has 0 radical (unpaired) electrons. The predicted molar refractivity (Wildman–Crippen MR) is 88.5 cm³/mol. The second-order valence-electron chi connectivity index (χ2n) is 6.76. The van der Waals surface area contributed by atoms with Gasteiger partial charge in [-0.25, -0.2) is 4.79 Å². The molecule has 0 aromatic heterocycles. The molecule has 1 heterocycles. The lowest BCUT2D eigenvalue weighted by Gasteiger charge is -2.27. The molecule has 2 atom stereocenters. The summed E-state index contributed by atoms with van der Waals surface area (Å²) in [5.41, 5.74) is 0.463. The Balaban J connectivity index is 1.90. The van der Waals surface area contributed by atoms with Crippen LogP contribution in [0.15, 0.2) is 24.3 Å². The third-order valence-corrected chi connectivity index (χ3v) is 3.87. The standard InChI is InChI=1S/C17H24ClNO4/c1-17(2,3)23-16(21)19-9-15(8-14(19)10-20)22-11-12-4-6-13(18)7-5-12/h4-7,14-15,20H,8-11H2,1-3H3/t14?,15-/m0/s1. The van der Waals surface area contributed by atoms with E-state index in [1.807, 2.05) is 45.0 Å². The maximum absolute atomic E-state index is 12.2. The minimum absolute atomic E-state index is 0.0972. The van der Waals surface area contributed by atoms with Gasteiger partial charge in [0.1, 0.15) is 5.60 Å². The van der Waals surface area contributed by atoms with E-state index in [1.54, 1.807) is 4.90 Å². The zero-order valence-corrected chi connectivity index (χ0v) is 14.5. The number of halogens is 1. The molecule has 1 aliphatic heterocycles. The van der Waals surface area contributed by atoms with Crippen LogP contribution in [0, 0.1) is 0 Å². The van der Waals surface area contributed by atoms with Crippen molar-refractivity contribution in [2.45, 2.75) is 51.5 Å². The summed E-state index contributed by atoms with van der Waals surface area (Å²) in [6.45, 7) is 6.24. The van der Waals surface area contributed by atoms with Gasteiger partial charge in [0.05, 0.1) is 31.9 Å². The largest absolute Gasteiger partial charge is 0.444 e. The minimum atomic E-state index is -0.556. The normalized spacial score (nSPS) is 21.5. The molecular weight excluding hydrogens is 318 g/mol. The molecular formula is C17H24ClNO4. The molecule has 0 spiro atoms. The molecule has 1 unspecified atom stereocenters. The topological polar surface area (TPSA) is 59.0 Å². The van der Waals surface area contributed by atoms with Crippen molar-refractivity contribution in [3.05, 3.63) is 34.9 Å². The van der Waals surface area contributed by atoms with Crippen LogP contribution in [0.2, 0.25) is 5.02 Å². The van der Waals surface area contributed by atoms with Gasteiger partial charge < -0.3 is 19.5 Å². The highest BCUT2D eigenvalue weighted by Crippen LogP contribution is 2.24. The molecule has 1 fully saturated rings. The van der Waals surface area contributed by atoms with E-state index in [0.717, 1.165) is 5.56 Å². The quantitative estimate of drug-likeness (QED) is 0.913. The highest BCUT2D eigenvalue weighted by Gasteiger charge is 2.37. The Kier molecular flexibility index (Phi) is 5.89. The summed E-state index contributed by atoms with van der Waals surface area (Å²) in [7, 11) is 0. The van der Waals surface area contributed by atoms with Crippen molar-refractivity contribution >= 4 is 17.7 Å². The van der Waals surface area contributed by atoms with Gasteiger partial charge in [-0.05, 0) is 44.9 Å². The molecule has 23 heavy (non-hydrogen) atoms. The van der Waals surface area contributed by atoms with Crippen LogP contribution < -0.4 is 0 Å². The fraction of sp³-hybridized carbons (Fsp3) is 0.588. The summed E-state index contributed by atoms with van der Waals surface area (Å²) in [6, 6.07) is 7.19. The number of carbonyl (C=O) groups is 1. The first-order valence-electron chi connectivity index (χ1n) is 7.75. The lowest BCUT2D eigenvalue weighted by molar-refractivity contribution is 0.0121. The Morgan fingerprint density at radius 1 is 1.35 bits per heavy atom. The number of ether oxygens (including phenoxy) is 2. The number of amides is 1. The van der Waals surface area contributed by atoms with E-state index < -0.39 is 11.7 Å². The number of benzene rings is 1. The SMILES string of the molecule is CC(C)(C)OC(=O)N1C[C@@H](OCc2ccc(Cl)cc2)CC1CO. The van der Waals surface area contributed by atoms with Gasteiger partial charge in [-0.15, -0.1) is 0 Å². The Morgan fingerprint density at radius 3 is 2.57 bits per heavy atom. The highest BCUT2D eigenvalue weighted by molar-refractivity contribution is 6.30. The number of carbonyl (C=O) groups excluding carboxylic acids is 1. The number of nitrogens with zero attached hydrogens (tertiary/aromatic N) is 1. The first-order valence-corrected chi connectivity index (χ1v) is 8.13. The zero-order chi connectivity index (χ0) is 17.0. The number of rotatable bonds is 4. The van der Waals surface area contributed by atoms with Gasteiger partial charge >= 0.3 is 6.09 Å². The Labute approximate surface area is 142 Å². The monoisotopic (exact) mass is 341 g/mol. The number of aliphatic hydroxyl groups excluding tert-OH is 1. The van der Waals surface area contributed by atoms with Gasteiger partial charge in [0.15, 0.2) is 0 Å². The van der Waals surface area contributed by atoms with E-state index in [2.05, 4.69) is 0 Å². The van der Waals surface area contributed by atoms with E-state index in [4.69, 9.17) is 21.1 Å². The fourth-order valence-electron chi connectivity index (χ4n) is 2.51. The molecule has 1 aliphatic rings. The summed E-state index contributed by atoms with van der Waals surface area (Å²) >= 11 is 5.86. The highest BCUT2D eigenvalue weighted by atomic mass is 35.5. The van der Waals surface area contributed by atoms with Crippen LogP contribution >= 0.6 is 11.6 Å². The van der Waals surface area contributed by atoms with E-state index in [1.165, 1.54) is 0 Å². The van der Waals surface area contributed by atoms with Crippen LogP contribution in [-0.4, -0.2) is 47.0 Å². The molecule has 1 aromatic carbocycles. The Morgan fingerprint density at radius 2 is 2.00 bits per heavy atom. The van der Waals surface area contributed by atoms with Crippen molar-refractivity contribution in [1.82, 2.24) is 4.90 Å². The molecule has 6 heteroatoms. The van der Waals surface area contributed by atoms with E-state index >= 15 is 0 Å². The van der Waals surface area contributed by atoms with Crippen LogP contribution in [0.25, 0.3) is 0 Å². The number of aliphatic hydroxyl groups is 1. The van der Waals surface area contributed by atoms with Gasteiger partial charge in [0, 0.05) is 5.02 Å². The smallest absolute Gasteiger partial charge is 0.410 e. The van der Waals surface area contributed by atoms with Crippen molar-refractivity contribution in [3.63, 3.8) is 0 Å². The molecule has 1 aromatic rings. The summed E-state index contributed by atoms with van der Waals surface area (Å²) < 4.78 is 11.3. The molecule has 128 valence electrons. The molecule has 0 saturated carbocycles. The fourth-order valence-corrected chi connectivity index (χ4v) is 2.63. The Bertz CT molecular complexity index is 526. The molecule has 1 amide bonds. The van der Waals surface area contributed by atoms with Gasteiger partial charge in [-0.1, -0.05) is 23.7 Å². The van der Waals surface area contributed by atoms with Gasteiger partial charge in [0.25, 0.3) is 0 Å². The first-order chi connectivity index (χ1) is 10.8. The van der Waals surface area contributed by atoms with E-state index in [0.29, 0.717) is 24.6 Å². The summed E-state index contributed by atoms with van der Waals surface area (Å²) in [5, 5.41) is 10.2. The molecule has 0 bridgehead atoms. The number of hydrogen-bond donors (Lipinski definition) is 1. The lowest BCUT2D eigenvalue weighted by atomic mass is 10.2. The van der Waals surface area contributed by atoms with E-state index in [9.17, 15) is 9.90 Å². The van der Waals surface area contributed by atoms with Gasteiger partial charge in [-0.2, -0.15) is 0 Å². The van der Waals surface area contributed by atoms with Crippen molar-refractivity contribution < 1.29 is 19.4 Å². The maximum Gasteiger partial charge on any atom is 0.410 e. The van der Waals surface area contributed by atoms with Crippen LogP contribution in [-0.2, 0) is 16.1 Å². The molecule has 1 saturated heterocycles. The summed E-state index contributed by atoms with van der Waals surface area (Å²) in [5.74, 6) is 0. The zero-order valence-electron chi connectivity index (χ0n) is 13.8. The molecule has 1 N–H and O–H groups in total. The molecule has 5 nitrogen and oxygen atoms in total. The summed E-state index contributed by atoms with van der Waals surface area (Å²) in [6.07, 6.45) is 0.0769. The minimum Gasteiger partial charge on any atom is -0.444 e. The number of likely N-dealkylation sites (tertiary alicyclic amines) is 1. The van der Waals surface area contributed by atoms with Crippen molar-refractivity contribution in [2.24, 2.45) is 0 Å². The van der Waals surface area contributed by atoms with Crippen LogP contribution in [0.5, 0.6) is 0 Å². The predicted octanol–water partition coefficient (Wildman–Crippen LogP) is 3.23. The van der Waals surface area contributed by atoms with Crippen molar-refractivity contribution in [2.75, 3.05) is 13.2 Å². The lowest BCUT2D eigenvalue weighted by Crippen LogP contribution is -2.41. The van der Waals surface area contributed by atoms with Crippen LogP contribution in [0.1, 0.15) is 32.8 Å². The van der Waals surface area contributed by atoms with Crippen molar-refractivity contribution in [1.29, 1.82) is 0 Å². The van der Waals surface area contributed by atoms with Crippen LogP contribution in [0.3, 0.4) is 0 Å². The van der Waals surface area contributed by atoms with Crippen LogP contribution in [0.4, 0.5) is 4.79 Å². The Hall–Kier alpha value is -1.30. The third-order valence-electron chi connectivity index (χ3n) is 3.61. The summed E-state index contributed by atoms with van der Waals surface area (Å²) in [4.78, 5) is 13.8. The second kappa shape index (κ2) is 7.51. The number of hydrogen-bond acceptors (Lipinski definition) is 4. The second-order valence-corrected chi connectivity index (χ2v) is 7.20. The average molecular weight is 342 g/mol. The molecule has 2 rings (SSSR count). The van der Waals surface area contributed by atoms with Crippen molar-refractivity contribution in [3.8, 4) is 0 Å². The van der Waals surface area contributed by atoms with E-state index in [-0.39, 0.29) is 18.8 Å².